The Labute approximate surface area is 115 Å². The molecule has 0 aliphatic rings. The van der Waals surface area contributed by atoms with Crippen molar-refractivity contribution < 1.29 is 0 Å². The molecule has 0 aliphatic carbocycles. The van der Waals surface area contributed by atoms with Crippen molar-refractivity contribution in [3.8, 4) is 0 Å². The number of benzene rings is 1. The number of anilines is 1. The van der Waals surface area contributed by atoms with Gasteiger partial charge in [-0.25, -0.2) is 0 Å². The lowest BCUT2D eigenvalue weighted by Gasteiger charge is -2.27. The zero-order valence-electron chi connectivity index (χ0n) is 10.2. The molecule has 0 radical (unpaired) electrons. The van der Waals surface area contributed by atoms with Crippen LogP contribution in [0.1, 0.15) is 20.3 Å². The van der Waals surface area contributed by atoms with Crippen LogP contribution in [0.25, 0.3) is 10.9 Å². The third-order valence-corrected chi connectivity index (χ3v) is 4.26. The van der Waals surface area contributed by atoms with Gasteiger partial charge in [0.25, 0.3) is 0 Å². The van der Waals surface area contributed by atoms with Gasteiger partial charge in [-0.2, -0.15) is 4.37 Å². The summed E-state index contributed by atoms with van der Waals surface area (Å²) in [6, 6.07) is 8.89. The summed E-state index contributed by atoms with van der Waals surface area (Å²) >= 11 is 5.11. The third-order valence-electron chi connectivity index (χ3n) is 2.78. The Kier molecular flexibility index (Phi) is 4.40. The highest BCUT2D eigenvalue weighted by atomic mass is 79.9. The van der Waals surface area contributed by atoms with E-state index in [0.717, 1.165) is 23.8 Å². The summed E-state index contributed by atoms with van der Waals surface area (Å²) in [5, 5.41) is 3.63. The first-order chi connectivity index (χ1) is 8.24. The molecule has 0 spiro atoms. The van der Waals surface area contributed by atoms with Crippen molar-refractivity contribution in [2.75, 3.05) is 16.8 Å². The molecule has 1 heterocycles. The molecule has 1 aromatic carbocycles. The number of fused-ring (bicyclic) bond motifs is 1. The lowest BCUT2D eigenvalue weighted by Crippen LogP contribution is -2.31. The van der Waals surface area contributed by atoms with E-state index in [9.17, 15) is 0 Å². The van der Waals surface area contributed by atoms with Crippen LogP contribution in [0.2, 0.25) is 0 Å². The second-order valence-electron chi connectivity index (χ2n) is 4.33. The molecule has 0 atom stereocenters. The normalized spacial score (nSPS) is 11.3. The first kappa shape index (κ1) is 12.8. The number of rotatable bonds is 5. The molecule has 0 amide bonds. The van der Waals surface area contributed by atoms with Gasteiger partial charge in [0.1, 0.15) is 5.00 Å². The second kappa shape index (κ2) is 5.83. The van der Waals surface area contributed by atoms with Crippen molar-refractivity contribution in [1.82, 2.24) is 4.37 Å². The minimum absolute atomic E-state index is 0.512. The molecule has 2 rings (SSSR count). The van der Waals surface area contributed by atoms with E-state index < -0.39 is 0 Å². The van der Waals surface area contributed by atoms with Crippen LogP contribution in [0.4, 0.5) is 5.00 Å². The minimum atomic E-state index is 0.512. The summed E-state index contributed by atoms with van der Waals surface area (Å²) in [5.74, 6) is 0. The predicted octanol–water partition coefficient (Wildman–Crippen LogP) is 4.30. The Balaban J connectivity index is 2.34. The van der Waals surface area contributed by atoms with Gasteiger partial charge in [-0.1, -0.05) is 28.1 Å². The first-order valence-electron chi connectivity index (χ1n) is 5.91. The van der Waals surface area contributed by atoms with Gasteiger partial charge in [-0.15, -0.1) is 0 Å². The van der Waals surface area contributed by atoms with E-state index in [1.165, 1.54) is 10.4 Å². The summed E-state index contributed by atoms with van der Waals surface area (Å²) in [5.41, 5.74) is 1.11. The van der Waals surface area contributed by atoms with Gasteiger partial charge in [0.15, 0.2) is 0 Å². The molecule has 0 saturated carbocycles. The van der Waals surface area contributed by atoms with Crippen LogP contribution in [0, 0.1) is 0 Å². The van der Waals surface area contributed by atoms with E-state index in [-0.39, 0.29) is 0 Å². The average Bonchev–Trinajstić information content (AvgIpc) is 2.73. The molecule has 0 N–H and O–H groups in total. The van der Waals surface area contributed by atoms with E-state index >= 15 is 0 Å². The van der Waals surface area contributed by atoms with E-state index in [0.29, 0.717) is 6.04 Å². The molecular weight excluding hydrogens is 296 g/mol. The molecule has 17 heavy (non-hydrogen) atoms. The number of nitrogens with zero attached hydrogens (tertiary/aromatic N) is 2. The van der Waals surface area contributed by atoms with Crippen LogP contribution < -0.4 is 4.90 Å². The summed E-state index contributed by atoms with van der Waals surface area (Å²) < 4.78 is 4.52. The molecular formula is C13H17BrN2S. The Bertz CT molecular complexity index is 481. The van der Waals surface area contributed by atoms with Crippen molar-refractivity contribution in [3.63, 3.8) is 0 Å². The SMILES string of the molecule is CC(C)N(CCCBr)c1snc2ccccc12. The maximum absolute atomic E-state index is 4.52. The summed E-state index contributed by atoms with van der Waals surface area (Å²) in [6.45, 7) is 5.56. The Morgan fingerprint density at radius 1 is 1.35 bits per heavy atom. The highest BCUT2D eigenvalue weighted by Gasteiger charge is 2.15. The highest BCUT2D eigenvalue weighted by molar-refractivity contribution is 9.09. The fraction of sp³-hybridized carbons (Fsp3) is 0.462. The summed E-state index contributed by atoms with van der Waals surface area (Å²) in [7, 11) is 0. The Hall–Kier alpha value is -0.610. The number of halogens is 1. The van der Waals surface area contributed by atoms with Gasteiger partial charge in [0, 0.05) is 23.3 Å². The van der Waals surface area contributed by atoms with Gasteiger partial charge in [0.05, 0.1) is 5.52 Å². The highest BCUT2D eigenvalue weighted by Crippen LogP contribution is 2.32. The summed E-state index contributed by atoms with van der Waals surface area (Å²) in [6.07, 6.45) is 1.16. The maximum Gasteiger partial charge on any atom is 0.120 e. The van der Waals surface area contributed by atoms with Gasteiger partial charge in [-0.3, -0.25) is 0 Å². The van der Waals surface area contributed by atoms with Crippen LogP contribution >= 0.6 is 27.5 Å². The lowest BCUT2D eigenvalue weighted by atomic mass is 10.2. The van der Waals surface area contributed by atoms with Crippen LogP contribution in [-0.4, -0.2) is 22.3 Å². The van der Waals surface area contributed by atoms with Crippen molar-refractivity contribution >= 4 is 43.4 Å². The Morgan fingerprint density at radius 2 is 2.12 bits per heavy atom. The molecule has 0 fully saturated rings. The quantitative estimate of drug-likeness (QED) is 0.765. The topological polar surface area (TPSA) is 16.1 Å². The number of hydrogen-bond donors (Lipinski definition) is 0. The van der Waals surface area contributed by atoms with Gasteiger partial charge < -0.3 is 4.90 Å². The molecule has 4 heteroatoms. The third kappa shape index (κ3) is 2.80. The van der Waals surface area contributed by atoms with Crippen molar-refractivity contribution in [2.45, 2.75) is 26.3 Å². The van der Waals surface area contributed by atoms with E-state index in [4.69, 9.17) is 0 Å². The zero-order valence-corrected chi connectivity index (χ0v) is 12.6. The fourth-order valence-electron chi connectivity index (χ4n) is 1.91. The lowest BCUT2D eigenvalue weighted by molar-refractivity contribution is 0.681. The molecule has 2 nitrogen and oxygen atoms in total. The molecule has 92 valence electrons. The van der Waals surface area contributed by atoms with E-state index in [1.54, 1.807) is 11.5 Å². The zero-order chi connectivity index (χ0) is 12.3. The number of aromatic nitrogens is 1. The molecule has 0 bridgehead atoms. The standard InChI is InChI=1S/C13H17BrN2S/c1-10(2)16(9-5-8-14)13-11-6-3-4-7-12(11)15-17-13/h3-4,6-7,10H,5,8-9H2,1-2H3. The second-order valence-corrected chi connectivity index (χ2v) is 5.88. The smallest absolute Gasteiger partial charge is 0.120 e. The van der Waals surface area contributed by atoms with Crippen molar-refractivity contribution in [2.24, 2.45) is 0 Å². The van der Waals surface area contributed by atoms with Crippen LogP contribution in [0.5, 0.6) is 0 Å². The Morgan fingerprint density at radius 3 is 2.82 bits per heavy atom. The molecule has 0 unspecified atom stereocenters. The van der Waals surface area contributed by atoms with Crippen molar-refractivity contribution in [3.05, 3.63) is 24.3 Å². The van der Waals surface area contributed by atoms with E-state index in [1.807, 2.05) is 6.07 Å². The van der Waals surface area contributed by atoms with Crippen LogP contribution in [0.3, 0.4) is 0 Å². The summed E-state index contributed by atoms with van der Waals surface area (Å²) in [4.78, 5) is 2.45. The van der Waals surface area contributed by atoms with Crippen molar-refractivity contribution in [1.29, 1.82) is 0 Å². The predicted molar refractivity (Wildman–Crippen MR) is 80.5 cm³/mol. The van der Waals surface area contributed by atoms with Gasteiger partial charge in [0.2, 0.25) is 0 Å². The monoisotopic (exact) mass is 312 g/mol. The van der Waals surface area contributed by atoms with Gasteiger partial charge >= 0.3 is 0 Å². The minimum Gasteiger partial charge on any atom is -0.359 e. The molecule has 0 saturated heterocycles. The fourth-order valence-corrected chi connectivity index (χ4v) is 3.18. The van der Waals surface area contributed by atoms with E-state index in [2.05, 4.69) is 57.2 Å². The number of alkyl halides is 1. The first-order valence-corrected chi connectivity index (χ1v) is 7.80. The largest absolute Gasteiger partial charge is 0.359 e. The molecule has 1 aromatic heterocycles. The van der Waals surface area contributed by atoms with Crippen LogP contribution in [-0.2, 0) is 0 Å². The maximum atomic E-state index is 4.52. The number of hydrogen-bond acceptors (Lipinski definition) is 3. The van der Waals surface area contributed by atoms with Gasteiger partial charge in [-0.05, 0) is 43.9 Å². The molecule has 2 aromatic rings. The average molecular weight is 313 g/mol. The van der Waals surface area contributed by atoms with Crippen LogP contribution in [0.15, 0.2) is 24.3 Å². The molecule has 0 aliphatic heterocycles.